The van der Waals surface area contributed by atoms with E-state index in [4.69, 9.17) is 4.74 Å². The molecule has 29 heavy (non-hydrogen) atoms. The van der Waals surface area contributed by atoms with Crippen LogP contribution in [0.5, 0.6) is 0 Å². The number of ether oxygens (including phenoxy) is 1. The molecule has 0 saturated carbocycles. The van der Waals surface area contributed by atoms with Crippen LogP contribution in [0, 0.1) is 18.6 Å². The normalized spacial score (nSPS) is 11.4. The molecule has 0 aliphatic heterocycles. The Morgan fingerprint density at radius 1 is 1.24 bits per heavy atom. The SMILES string of the molecule is CCCCSCC(=O)N(COC)c1nc2c(F)cc(C)c(F)c2n1SCCCC. The monoisotopic (exact) mass is 445 g/mol. The molecule has 0 N–H and O–H groups in total. The number of hydrogen-bond donors (Lipinski definition) is 0. The summed E-state index contributed by atoms with van der Waals surface area (Å²) < 4.78 is 36.2. The number of thioether (sulfide) groups is 1. The lowest BCUT2D eigenvalue weighted by molar-refractivity contribution is -0.117. The zero-order valence-electron chi connectivity index (χ0n) is 17.5. The highest BCUT2D eigenvalue weighted by molar-refractivity contribution is 8.00. The maximum absolute atomic E-state index is 14.9. The van der Waals surface area contributed by atoms with Crippen LogP contribution in [0.3, 0.4) is 0 Å². The van der Waals surface area contributed by atoms with Gasteiger partial charge < -0.3 is 4.74 Å². The summed E-state index contributed by atoms with van der Waals surface area (Å²) in [6.07, 6.45) is 3.97. The summed E-state index contributed by atoms with van der Waals surface area (Å²) in [5.41, 5.74) is 0.212. The Morgan fingerprint density at radius 3 is 2.59 bits per heavy atom. The first-order valence-corrected chi connectivity index (χ1v) is 11.9. The quantitative estimate of drug-likeness (QED) is 0.324. The topological polar surface area (TPSA) is 47.4 Å². The summed E-state index contributed by atoms with van der Waals surface area (Å²) in [6, 6.07) is 1.14. The van der Waals surface area contributed by atoms with Gasteiger partial charge in [-0.2, -0.15) is 11.8 Å². The van der Waals surface area contributed by atoms with Crippen molar-refractivity contribution in [3.63, 3.8) is 0 Å². The van der Waals surface area contributed by atoms with E-state index in [0.29, 0.717) is 5.75 Å². The third-order valence-electron chi connectivity index (χ3n) is 4.33. The van der Waals surface area contributed by atoms with Crippen molar-refractivity contribution in [1.82, 2.24) is 8.96 Å². The molecule has 0 atom stereocenters. The molecule has 0 saturated heterocycles. The van der Waals surface area contributed by atoms with Crippen molar-refractivity contribution in [1.29, 1.82) is 0 Å². The second-order valence-corrected chi connectivity index (χ2v) is 8.86. The van der Waals surface area contributed by atoms with E-state index in [1.807, 2.05) is 0 Å². The van der Waals surface area contributed by atoms with Gasteiger partial charge in [0.2, 0.25) is 11.9 Å². The summed E-state index contributed by atoms with van der Waals surface area (Å²) in [5, 5.41) is 0. The Labute approximate surface area is 179 Å². The minimum atomic E-state index is -0.600. The number of carbonyl (C=O) groups excluding carboxylic acids is 1. The van der Waals surface area contributed by atoms with Gasteiger partial charge in [0.25, 0.3) is 0 Å². The Balaban J connectivity index is 2.48. The van der Waals surface area contributed by atoms with Gasteiger partial charge in [-0.05, 0) is 49.1 Å². The number of amides is 1. The van der Waals surface area contributed by atoms with Crippen LogP contribution in [0.15, 0.2) is 6.07 Å². The smallest absolute Gasteiger partial charge is 0.241 e. The highest BCUT2D eigenvalue weighted by Crippen LogP contribution is 2.33. The van der Waals surface area contributed by atoms with E-state index in [1.54, 1.807) is 3.97 Å². The predicted molar refractivity (Wildman–Crippen MR) is 119 cm³/mol. The van der Waals surface area contributed by atoms with E-state index in [9.17, 15) is 13.6 Å². The summed E-state index contributed by atoms with van der Waals surface area (Å²) in [5.74, 6) is 0.724. The fraction of sp³-hybridized carbons (Fsp3) is 0.600. The van der Waals surface area contributed by atoms with Crippen molar-refractivity contribution in [2.75, 3.05) is 36.0 Å². The van der Waals surface area contributed by atoms with Gasteiger partial charge in [-0.15, -0.1) is 0 Å². The van der Waals surface area contributed by atoms with Crippen LogP contribution in [-0.4, -0.2) is 46.0 Å². The van der Waals surface area contributed by atoms with E-state index < -0.39 is 11.6 Å². The molecule has 1 amide bonds. The van der Waals surface area contributed by atoms with Crippen molar-refractivity contribution in [3.8, 4) is 0 Å². The van der Waals surface area contributed by atoms with Gasteiger partial charge >= 0.3 is 0 Å². The second-order valence-electron chi connectivity index (χ2n) is 6.73. The number of methoxy groups -OCH3 is 1. The third-order valence-corrected chi connectivity index (χ3v) is 6.43. The third kappa shape index (κ3) is 5.86. The van der Waals surface area contributed by atoms with E-state index >= 15 is 0 Å². The number of rotatable bonds is 12. The highest BCUT2D eigenvalue weighted by atomic mass is 32.2. The number of carbonyl (C=O) groups is 1. The maximum atomic E-state index is 14.9. The van der Waals surface area contributed by atoms with Crippen molar-refractivity contribution < 1.29 is 18.3 Å². The van der Waals surface area contributed by atoms with Crippen molar-refractivity contribution in [2.24, 2.45) is 0 Å². The molecule has 0 aliphatic rings. The van der Waals surface area contributed by atoms with Crippen LogP contribution < -0.4 is 4.90 Å². The molecule has 5 nitrogen and oxygen atoms in total. The molecule has 0 spiro atoms. The summed E-state index contributed by atoms with van der Waals surface area (Å²) in [6.45, 7) is 5.65. The van der Waals surface area contributed by atoms with Gasteiger partial charge in [0, 0.05) is 12.9 Å². The van der Waals surface area contributed by atoms with Crippen LogP contribution in [0.1, 0.15) is 45.1 Å². The Bertz CT molecular complexity index is 830. The number of aromatic nitrogens is 2. The van der Waals surface area contributed by atoms with Gasteiger partial charge in [-0.3, -0.25) is 9.69 Å². The Kier molecular flexibility index (Phi) is 9.71. The van der Waals surface area contributed by atoms with Gasteiger partial charge in [0.05, 0.1) is 5.75 Å². The minimum absolute atomic E-state index is 0.0347. The molecule has 0 aliphatic carbocycles. The molecule has 0 unspecified atom stereocenters. The summed E-state index contributed by atoms with van der Waals surface area (Å²) in [7, 11) is 1.48. The number of anilines is 1. The zero-order valence-corrected chi connectivity index (χ0v) is 19.1. The Hall–Kier alpha value is -1.32. The Morgan fingerprint density at radius 2 is 1.93 bits per heavy atom. The number of unbranched alkanes of at least 4 members (excludes halogenated alkanes) is 2. The maximum Gasteiger partial charge on any atom is 0.241 e. The summed E-state index contributed by atoms with van der Waals surface area (Å²) in [4.78, 5) is 18.6. The first-order chi connectivity index (χ1) is 14.0. The molecule has 1 aromatic heterocycles. The van der Waals surface area contributed by atoms with E-state index in [1.165, 1.54) is 42.6 Å². The van der Waals surface area contributed by atoms with Gasteiger partial charge in [0.15, 0.2) is 11.6 Å². The van der Waals surface area contributed by atoms with Crippen LogP contribution in [-0.2, 0) is 9.53 Å². The molecule has 0 bridgehead atoms. The highest BCUT2D eigenvalue weighted by Gasteiger charge is 2.27. The molecular formula is C20H29F2N3O2S2. The fourth-order valence-corrected chi connectivity index (χ4v) is 4.83. The number of fused-ring (bicyclic) bond motifs is 1. The first kappa shape index (κ1) is 24.0. The number of halogens is 2. The molecule has 0 radical (unpaired) electrons. The lowest BCUT2D eigenvalue weighted by atomic mass is 10.2. The number of nitrogens with zero attached hydrogens (tertiary/aromatic N) is 3. The largest absolute Gasteiger partial charge is 0.364 e. The van der Waals surface area contributed by atoms with Gasteiger partial charge in [0.1, 0.15) is 17.8 Å². The molecule has 162 valence electrons. The standard InChI is InChI=1S/C20H29F2N3O2S2/c1-5-7-9-28-12-16(26)24(13-27-4)20-23-18-15(21)11-14(3)17(22)19(18)25(20)29-10-8-6-2/h11H,5-10,12-13H2,1-4H3. The average Bonchev–Trinajstić information content (AvgIpc) is 3.07. The molecule has 1 aromatic carbocycles. The average molecular weight is 446 g/mol. The molecule has 0 fully saturated rings. The lowest BCUT2D eigenvalue weighted by Crippen LogP contribution is -2.36. The fourth-order valence-electron chi connectivity index (χ4n) is 2.71. The zero-order chi connectivity index (χ0) is 21.4. The first-order valence-electron chi connectivity index (χ1n) is 9.83. The predicted octanol–water partition coefficient (Wildman–Crippen LogP) is 5.39. The minimum Gasteiger partial charge on any atom is -0.364 e. The lowest BCUT2D eigenvalue weighted by Gasteiger charge is -2.21. The number of benzene rings is 1. The number of hydrogen-bond acceptors (Lipinski definition) is 5. The molecule has 2 rings (SSSR count). The van der Waals surface area contributed by atoms with E-state index in [2.05, 4.69) is 18.8 Å². The van der Waals surface area contributed by atoms with Crippen LogP contribution in [0.25, 0.3) is 11.0 Å². The molecular weight excluding hydrogens is 416 g/mol. The van der Waals surface area contributed by atoms with Crippen LogP contribution in [0.4, 0.5) is 14.7 Å². The molecule has 2 aromatic rings. The summed E-state index contributed by atoms with van der Waals surface area (Å²) >= 11 is 2.87. The molecule has 9 heteroatoms. The van der Waals surface area contributed by atoms with Gasteiger partial charge in [-0.25, -0.2) is 17.7 Å². The van der Waals surface area contributed by atoms with Crippen molar-refractivity contribution >= 4 is 46.6 Å². The van der Waals surface area contributed by atoms with Crippen LogP contribution in [0.2, 0.25) is 0 Å². The van der Waals surface area contributed by atoms with Gasteiger partial charge in [-0.1, -0.05) is 26.7 Å². The second kappa shape index (κ2) is 11.8. The molecule has 1 heterocycles. The van der Waals surface area contributed by atoms with E-state index in [0.717, 1.165) is 37.5 Å². The van der Waals surface area contributed by atoms with Crippen LogP contribution >= 0.6 is 23.7 Å². The number of aryl methyl sites for hydroxylation is 1. The van der Waals surface area contributed by atoms with Crippen molar-refractivity contribution in [2.45, 2.75) is 46.5 Å². The van der Waals surface area contributed by atoms with Crippen molar-refractivity contribution in [3.05, 3.63) is 23.3 Å². The van der Waals surface area contributed by atoms with E-state index in [-0.39, 0.29) is 40.9 Å². The number of imidazole rings is 1.